The van der Waals surface area contributed by atoms with E-state index < -0.39 is 11.7 Å². The van der Waals surface area contributed by atoms with Gasteiger partial charge >= 0.3 is 6.09 Å². The van der Waals surface area contributed by atoms with E-state index in [1.165, 1.54) is 0 Å². The lowest BCUT2D eigenvalue weighted by molar-refractivity contribution is -0.129. The van der Waals surface area contributed by atoms with Crippen LogP contribution in [0.2, 0.25) is 0 Å². The molecule has 1 atom stereocenters. The maximum Gasteiger partial charge on any atom is 0.407 e. The molecule has 2 heterocycles. The molecule has 1 aromatic rings. The monoisotopic (exact) mass is 308 g/mol. The number of carbonyl (C=O) groups excluding carboxylic acids is 2. The number of likely N-dealkylation sites (N-methyl/N-ethyl adjacent to an activating group) is 1. The maximum atomic E-state index is 12.1. The summed E-state index contributed by atoms with van der Waals surface area (Å²) < 4.78 is 7.09. The molecule has 2 amide bonds. The molecular formula is C15H24N4O3. The highest BCUT2D eigenvalue weighted by molar-refractivity contribution is 5.82. The third-order valence-electron chi connectivity index (χ3n) is 3.53. The van der Waals surface area contributed by atoms with Crippen molar-refractivity contribution in [1.82, 2.24) is 19.8 Å². The first-order valence-electron chi connectivity index (χ1n) is 7.50. The minimum absolute atomic E-state index is 0.111. The third kappa shape index (κ3) is 3.99. The normalized spacial score (nSPS) is 18.6. The number of carbonyl (C=O) groups is 2. The number of likely N-dealkylation sites (tertiary alicyclic amines) is 1. The minimum Gasteiger partial charge on any atom is -0.444 e. The van der Waals surface area contributed by atoms with Crippen LogP contribution >= 0.6 is 0 Å². The average Bonchev–Trinajstić information content (AvgIpc) is 2.96. The first kappa shape index (κ1) is 16.3. The molecule has 2 rings (SSSR count). The van der Waals surface area contributed by atoms with E-state index in [1.54, 1.807) is 17.4 Å². The molecule has 0 aliphatic carbocycles. The van der Waals surface area contributed by atoms with Gasteiger partial charge in [0.2, 0.25) is 5.91 Å². The van der Waals surface area contributed by atoms with Gasteiger partial charge < -0.3 is 19.5 Å². The van der Waals surface area contributed by atoms with Crippen LogP contribution in [0.3, 0.4) is 0 Å². The molecule has 22 heavy (non-hydrogen) atoms. The molecule has 0 saturated carbocycles. The van der Waals surface area contributed by atoms with Crippen LogP contribution in [0.25, 0.3) is 0 Å². The quantitative estimate of drug-likeness (QED) is 0.911. The van der Waals surface area contributed by atoms with E-state index in [4.69, 9.17) is 4.74 Å². The zero-order chi connectivity index (χ0) is 16.3. The van der Waals surface area contributed by atoms with Gasteiger partial charge in [0.1, 0.15) is 11.6 Å². The molecule has 7 nitrogen and oxygen atoms in total. The summed E-state index contributed by atoms with van der Waals surface area (Å²) in [6, 6.07) is -0.177. The van der Waals surface area contributed by atoms with Crippen molar-refractivity contribution in [3.8, 4) is 0 Å². The van der Waals surface area contributed by atoms with Crippen LogP contribution < -0.4 is 5.32 Å². The average molecular weight is 308 g/mol. The van der Waals surface area contributed by atoms with Gasteiger partial charge in [-0.25, -0.2) is 9.78 Å². The predicted octanol–water partition coefficient (Wildman–Crippen LogP) is 1.35. The second kappa shape index (κ2) is 6.37. The highest BCUT2D eigenvalue weighted by atomic mass is 16.6. The van der Waals surface area contributed by atoms with Crippen molar-refractivity contribution in [2.24, 2.45) is 0 Å². The molecule has 0 aromatic carbocycles. The molecule has 0 radical (unpaired) electrons. The van der Waals surface area contributed by atoms with Crippen molar-refractivity contribution in [2.75, 3.05) is 20.1 Å². The largest absolute Gasteiger partial charge is 0.444 e. The van der Waals surface area contributed by atoms with Crippen molar-refractivity contribution < 1.29 is 14.3 Å². The van der Waals surface area contributed by atoms with E-state index in [0.29, 0.717) is 13.0 Å². The summed E-state index contributed by atoms with van der Waals surface area (Å²) in [5.74, 6) is 0.111. The van der Waals surface area contributed by atoms with Crippen molar-refractivity contribution in [2.45, 2.75) is 45.3 Å². The van der Waals surface area contributed by atoms with Gasteiger partial charge in [-0.3, -0.25) is 4.79 Å². The summed E-state index contributed by atoms with van der Waals surface area (Å²) in [5.41, 5.74) is 0.428. The summed E-state index contributed by atoms with van der Waals surface area (Å²) in [4.78, 5) is 29.6. The Balaban J connectivity index is 1.89. The fraction of sp³-hybridized carbons (Fsp3) is 0.667. The van der Waals surface area contributed by atoms with Crippen LogP contribution in [0.1, 0.15) is 38.9 Å². The lowest BCUT2D eigenvalue weighted by Gasteiger charge is -2.20. The van der Waals surface area contributed by atoms with Gasteiger partial charge in [-0.2, -0.15) is 0 Å². The van der Waals surface area contributed by atoms with Crippen molar-refractivity contribution in [3.05, 3.63) is 18.2 Å². The molecule has 1 aromatic heterocycles. The summed E-state index contributed by atoms with van der Waals surface area (Å²) in [5, 5.41) is 2.72. The number of amides is 2. The van der Waals surface area contributed by atoms with Crippen molar-refractivity contribution in [1.29, 1.82) is 0 Å². The van der Waals surface area contributed by atoms with Crippen molar-refractivity contribution >= 4 is 12.0 Å². The molecule has 1 fully saturated rings. The number of hydrogen-bond donors (Lipinski definition) is 1. The second-order valence-electron chi connectivity index (χ2n) is 6.54. The number of ether oxygens (including phenoxy) is 1. The standard InChI is InChI=1S/C15H24N4O3/c1-15(2,3)22-14(21)17-7-5-11-9-16-10-19(11)12-6-8-18(4)13(12)20/h9-10,12H,5-8H2,1-4H3,(H,17,21). The minimum atomic E-state index is -0.507. The number of hydrogen-bond acceptors (Lipinski definition) is 4. The molecule has 1 N–H and O–H groups in total. The van der Waals surface area contributed by atoms with Crippen LogP contribution in [-0.4, -0.2) is 52.2 Å². The van der Waals surface area contributed by atoms with Gasteiger partial charge in [0.25, 0.3) is 0 Å². The van der Waals surface area contributed by atoms with E-state index in [-0.39, 0.29) is 11.9 Å². The Morgan fingerprint density at radius 2 is 2.23 bits per heavy atom. The van der Waals surface area contributed by atoms with Crippen molar-refractivity contribution in [3.63, 3.8) is 0 Å². The van der Waals surface area contributed by atoms with Crippen LogP contribution in [0.4, 0.5) is 4.79 Å². The van der Waals surface area contributed by atoms with Gasteiger partial charge in [-0.05, 0) is 27.2 Å². The Morgan fingerprint density at radius 1 is 1.50 bits per heavy atom. The van der Waals surface area contributed by atoms with Crippen LogP contribution in [0.15, 0.2) is 12.5 Å². The van der Waals surface area contributed by atoms with Gasteiger partial charge in [-0.15, -0.1) is 0 Å². The molecule has 1 aliphatic rings. The Hall–Kier alpha value is -2.05. The predicted molar refractivity (Wildman–Crippen MR) is 81.5 cm³/mol. The Morgan fingerprint density at radius 3 is 2.82 bits per heavy atom. The number of alkyl carbamates (subject to hydrolysis) is 1. The molecule has 7 heteroatoms. The molecule has 1 aliphatic heterocycles. The number of rotatable bonds is 4. The van der Waals surface area contributed by atoms with Crippen LogP contribution in [0, 0.1) is 0 Å². The Bertz CT molecular complexity index is 547. The second-order valence-corrected chi connectivity index (χ2v) is 6.54. The fourth-order valence-electron chi connectivity index (χ4n) is 2.48. The smallest absolute Gasteiger partial charge is 0.407 e. The van der Waals surface area contributed by atoms with Crippen LogP contribution in [0.5, 0.6) is 0 Å². The SMILES string of the molecule is CN1CCC(n2cncc2CCNC(=O)OC(C)(C)C)C1=O. The number of nitrogens with zero attached hydrogens (tertiary/aromatic N) is 3. The van der Waals surface area contributed by atoms with E-state index in [9.17, 15) is 9.59 Å². The summed E-state index contributed by atoms with van der Waals surface area (Å²) >= 11 is 0. The zero-order valence-corrected chi connectivity index (χ0v) is 13.6. The van der Waals surface area contributed by atoms with Gasteiger partial charge in [0.05, 0.1) is 6.33 Å². The zero-order valence-electron chi connectivity index (χ0n) is 13.6. The van der Waals surface area contributed by atoms with E-state index >= 15 is 0 Å². The molecule has 1 unspecified atom stereocenters. The first-order valence-corrected chi connectivity index (χ1v) is 7.50. The van der Waals surface area contributed by atoms with Gasteiger partial charge in [0, 0.05) is 38.4 Å². The lowest BCUT2D eigenvalue weighted by Crippen LogP contribution is -2.34. The van der Waals surface area contributed by atoms with E-state index in [0.717, 1.165) is 18.7 Å². The van der Waals surface area contributed by atoms with E-state index in [1.807, 2.05) is 32.4 Å². The summed E-state index contributed by atoms with van der Waals surface area (Å²) in [6.45, 7) is 6.67. The fourth-order valence-corrected chi connectivity index (χ4v) is 2.48. The third-order valence-corrected chi connectivity index (χ3v) is 3.53. The maximum absolute atomic E-state index is 12.1. The Labute approximate surface area is 130 Å². The lowest BCUT2D eigenvalue weighted by atomic mass is 10.2. The summed E-state index contributed by atoms with van der Waals surface area (Å²) in [7, 11) is 1.81. The molecule has 0 spiro atoms. The Kier molecular flexibility index (Phi) is 4.73. The molecule has 122 valence electrons. The topological polar surface area (TPSA) is 76.5 Å². The highest BCUT2D eigenvalue weighted by Gasteiger charge is 2.31. The highest BCUT2D eigenvalue weighted by Crippen LogP contribution is 2.23. The molecular weight excluding hydrogens is 284 g/mol. The van der Waals surface area contributed by atoms with E-state index in [2.05, 4.69) is 10.3 Å². The number of imidazole rings is 1. The van der Waals surface area contributed by atoms with Crippen LogP contribution in [-0.2, 0) is 16.0 Å². The van der Waals surface area contributed by atoms with Gasteiger partial charge in [-0.1, -0.05) is 0 Å². The first-order chi connectivity index (χ1) is 10.3. The molecule has 1 saturated heterocycles. The number of aromatic nitrogens is 2. The summed E-state index contributed by atoms with van der Waals surface area (Å²) in [6.07, 6.45) is 4.38. The van der Waals surface area contributed by atoms with Gasteiger partial charge in [0.15, 0.2) is 0 Å². The number of nitrogens with one attached hydrogen (secondary N) is 1. The molecule has 0 bridgehead atoms.